The monoisotopic (exact) mass is 451 g/mol. The molecule has 1 aromatic carbocycles. The average molecular weight is 452 g/mol. The number of ether oxygens (including phenoxy) is 2. The topological polar surface area (TPSA) is 65.4 Å². The van der Waals surface area contributed by atoms with Crippen LogP contribution in [0.3, 0.4) is 0 Å². The van der Waals surface area contributed by atoms with Gasteiger partial charge in [0.25, 0.3) is 5.91 Å². The van der Waals surface area contributed by atoms with Crippen molar-refractivity contribution in [3.63, 3.8) is 0 Å². The van der Waals surface area contributed by atoms with Gasteiger partial charge in [-0.15, -0.1) is 0 Å². The number of methoxy groups -OCH3 is 1. The van der Waals surface area contributed by atoms with Crippen molar-refractivity contribution in [2.24, 2.45) is 0 Å². The Kier molecular flexibility index (Phi) is 6.48. The van der Waals surface area contributed by atoms with Gasteiger partial charge < -0.3 is 14.8 Å². The number of halogens is 1. The lowest BCUT2D eigenvalue weighted by Gasteiger charge is -2.23. The van der Waals surface area contributed by atoms with Crippen molar-refractivity contribution in [2.75, 3.05) is 19.0 Å². The maximum atomic E-state index is 13.0. The van der Waals surface area contributed by atoms with Crippen molar-refractivity contribution in [1.82, 2.24) is 9.78 Å². The first-order chi connectivity index (χ1) is 12.9. The van der Waals surface area contributed by atoms with Gasteiger partial charge in [0.15, 0.2) is 11.5 Å². The van der Waals surface area contributed by atoms with Crippen molar-refractivity contribution < 1.29 is 14.3 Å². The molecule has 0 fully saturated rings. The maximum absolute atomic E-state index is 13.0. The number of hydrogen-bond donors (Lipinski definition) is 1. The van der Waals surface area contributed by atoms with Crippen LogP contribution in [0.2, 0.25) is 0 Å². The van der Waals surface area contributed by atoms with E-state index in [4.69, 9.17) is 14.6 Å². The molecule has 0 radical (unpaired) electrons. The second-order valence-corrected chi connectivity index (χ2v) is 9.48. The molecule has 0 bridgehead atoms. The third kappa shape index (κ3) is 4.87. The molecule has 2 aromatic rings. The molecule has 1 aromatic heterocycles. The summed E-state index contributed by atoms with van der Waals surface area (Å²) in [5.41, 5.74) is 0.985. The molecule has 0 atom stereocenters. The second-order valence-electron chi connectivity index (χ2n) is 8.62. The zero-order valence-corrected chi connectivity index (χ0v) is 19.5. The molecule has 154 valence electrons. The van der Waals surface area contributed by atoms with Crippen LogP contribution in [0.25, 0.3) is 0 Å². The molecule has 1 amide bonds. The number of rotatable bonds is 5. The molecule has 6 nitrogen and oxygen atoms in total. The van der Waals surface area contributed by atoms with Gasteiger partial charge in [-0.3, -0.25) is 4.79 Å². The Labute approximate surface area is 175 Å². The first-order valence-electron chi connectivity index (χ1n) is 9.31. The summed E-state index contributed by atoms with van der Waals surface area (Å²) in [5.74, 6) is 1.50. The number of hydrogen-bond acceptors (Lipinski definition) is 4. The fraction of sp³-hybridized carbons (Fsp3) is 0.524. The highest BCUT2D eigenvalue weighted by molar-refractivity contribution is 9.10. The minimum atomic E-state index is -0.275. The molecule has 28 heavy (non-hydrogen) atoms. The summed E-state index contributed by atoms with van der Waals surface area (Å²) in [5, 5.41) is 7.74. The van der Waals surface area contributed by atoms with Gasteiger partial charge in [0.1, 0.15) is 5.82 Å². The molecule has 0 saturated carbocycles. The Morgan fingerprint density at radius 3 is 2.32 bits per heavy atom. The van der Waals surface area contributed by atoms with Crippen LogP contribution in [0.5, 0.6) is 11.5 Å². The Balaban J connectivity index is 2.42. The highest BCUT2D eigenvalue weighted by Gasteiger charge is 2.26. The van der Waals surface area contributed by atoms with Crippen molar-refractivity contribution in [3.05, 3.63) is 33.9 Å². The van der Waals surface area contributed by atoms with Gasteiger partial charge >= 0.3 is 0 Å². The number of nitrogens with one attached hydrogen (secondary N) is 1. The van der Waals surface area contributed by atoms with Crippen LogP contribution >= 0.6 is 15.9 Å². The van der Waals surface area contributed by atoms with E-state index in [1.807, 2.05) is 17.7 Å². The predicted octanol–water partition coefficient (Wildman–Crippen LogP) is 5.36. The molecule has 7 heteroatoms. The van der Waals surface area contributed by atoms with Crippen LogP contribution in [0.15, 0.2) is 22.7 Å². The summed E-state index contributed by atoms with van der Waals surface area (Å²) < 4.78 is 13.5. The van der Waals surface area contributed by atoms with E-state index in [2.05, 4.69) is 62.8 Å². The minimum absolute atomic E-state index is 0.124. The lowest BCUT2D eigenvalue weighted by atomic mass is 9.92. The summed E-state index contributed by atoms with van der Waals surface area (Å²) in [4.78, 5) is 13.0. The summed E-state index contributed by atoms with van der Waals surface area (Å²) in [6.07, 6.45) is 0. The van der Waals surface area contributed by atoms with E-state index in [0.29, 0.717) is 34.0 Å². The lowest BCUT2D eigenvalue weighted by Crippen LogP contribution is -2.27. The fourth-order valence-electron chi connectivity index (χ4n) is 2.67. The van der Waals surface area contributed by atoms with Crippen LogP contribution in [0.1, 0.15) is 64.5 Å². The van der Waals surface area contributed by atoms with Crippen molar-refractivity contribution in [1.29, 1.82) is 0 Å². The number of benzene rings is 1. The number of nitrogens with zero attached hydrogens (tertiary/aromatic N) is 2. The molecule has 0 saturated heterocycles. The normalized spacial score (nSPS) is 12.0. The van der Waals surface area contributed by atoms with Gasteiger partial charge in [0, 0.05) is 17.0 Å². The van der Waals surface area contributed by atoms with E-state index in [-0.39, 0.29) is 16.9 Å². The molecule has 0 spiro atoms. The molecule has 0 unspecified atom stereocenters. The predicted molar refractivity (Wildman–Crippen MR) is 116 cm³/mol. The van der Waals surface area contributed by atoms with E-state index in [1.165, 1.54) is 0 Å². The average Bonchev–Trinajstić information content (AvgIpc) is 3.01. The number of carbonyl (C=O) groups excluding carboxylic acids is 1. The quantitative estimate of drug-likeness (QED) is 0.664. The summed E-state index contributed by atoms with van der Waals surface area (Å²) in [6.45, 7) is 14.9. The molecule has 1 heterocycles. The van der Waals surface area contributed by atoms with Gasteiger partial charge in [-0.25, -0.2) is 4.68 Å². The van der Waals surface area contributed by atoms with E-state index in [1.54, 1.807) is 19.2 Å². The maximum Gasteiger partial charge on any atom is 0.256 e. The van der Waals surface area contributed by atoms with Crippen molar-refractivity contribution >= 4 is 27.7 Å². The van der Waals surface area contributed by atoms with Crippen LogP contribution < -0.4 is 14.8 Å². The lowest BCUT2D eigenvalue weighted by molar-refractivity contribution is 0.102. The van der Waals surface area contributed by atoms with Gasteiger partial charge in [-0.1, -0.05) is 20.8 Å². The van der Waals surface area contributed by atoms with Gasteiger partial charge in [-0.2, -0.15) is 5.10 Å². The zero-order chi connectivity index (χ0) is 21.3. The summed E-state index contributed by atoms with van der Waals surface area (Å²) in [6, 6.07) is 5.34. The third-order valence-electron chi connectivity index (χ3n) is 4.14. The Bertz CT molecular complexity index is 861. The Morgan fingerprint density at radius 2 is 1.82 bits per heavy atom. The van der Waals surface area contributed by atoms with Crippen LogP contribution in [0, 0.1) is 0 Å². The fourth-order valence-corrected chi connectivity index (χ4v) is 3.23. The van der Waals surface area contributed by atoms with Gasteiger partial charge in [0.05, 0.1) is 29.4 Å². The van der Waals surface area contributed by atoms with E-state index in [0.717, 1.165) is 5.69 Å². The third-order valence-corrected chi connectivity index (χ3v) is 4.72. The highest BCUT2D eigenvalue weighted by atomic mass is 79.9. The van der Waals surface area contributed by atoms with Gasteiger partial charge in [0.2, 0.25) is 0 Å². The molecular weight excluding hydrogens is 422 g/mol. The molecule has 0 aliphatic rings. The zero-order valence-electron chi connectivity index (χ0n) is 17.9. The highest BCUT2D eigenvalue weighted by Crippen LogP contribution is 2.37. The SMILES string of the molecule is CCOc1c(Br)cc(C(=O)Nc2cc(C(C)(C)C)nn2C(C)(C)C)cc1OC. The number of carbonyl (C=O) groups is 1. The van der Waals surface area contributed by atoms with Crippen LogP contribution in [0.4, 0.5) is 5.82 Å². The van der Waals surface area contributed by atoms with Crippen molar-refractivity contribution in [2.45, 2.75) is 59.4 Å². The first kappa shape index (κ1) is 22.3. The van der Waals surface area contributed by atoms with Gasteiger partial charge in [-0.05, 0) is 55.8 Å². The number of aromatic nitrogens is 2. The van der Waals surface area contributed by atoms with Crippen molar-refractivity contribution in [3.8, 4) is 11.5 Å². The Hall–Kier alpha value is -2.02. The van der Waals surface area contributed by atoms with Crippen LogP contribution in [-0.2, 0) is 11.0 Å². The van der Waals surface area contributed by atoms with Crippen LogP contribution in [-0.4, -0.2) is 29.4 Å². The Morgan fingerprint density at radius 1 is 1.18 bits per heavy atom. The molecular formula is C21H30BrN3O3. The second kappa shape index (κ2) is 8.15. The summed E-state index contributed by atoms with van der Waals surface area (Å²) >= 11 is 3.47. The smallest absolute Gasteiger partial charge is 0.256 e. The first-order valence-corrected chi connectivity index (χ1v) is 10.1. The molecule has 1 N–H and O–H groups in total. The number of anilines is 1. The van der Waals surface area contributed by atoms with E-state index in [9.17, 15) is 4.79 Å². The number of amides is 1. The van der Waals surface area contributed by atoms with E-state index < -0.39 is 0 Å². The molecule has 2 rings (SSSR count). The minimum Gasteiger partial charge on any atom is -0.493 e. The molecule has 0 aliphatic carbocycles. The summed E-state index contributed by atoms with van der Waals surface area (Å²) in [7, 11) is 1.55. The largest absolute Gasteiger partial charge is 0.493 e. The standard InChI is InChI=1S/C21H30BrN3O3/c1-9-28-18-14(22)10-13(11-15(18)27-8)19(26)23-17-12-16(20(2,3)4)24-25(17)21(5,6)7/h10-12H,9H2,1-8H3,(H,23,26). The molecule has 0 aliphatic heterocycles. The van der Waals surface area contributed by atoms with E-state index >= 15 is 0 Å².